The molecule has 23 heavy (non-hydrogen) atoms. The molecule has 6 heteroatoms. The van der Waals surface area contributed by atoms with Gasteiger partial charge in [-0.15, -0.1) is 0 Å². The van der Waals surface area contributed by atoms with E-state index in [4.69, 9.17) is 18.7 Å². The molecule has 0 aliphatic rings. The molecule has 0 saturated carbocycles. The van der Waals surface area contributed by atoms with Gasteiger partial charge in [0.2, 0.25) is 16.9 Å². The maximum absolute atomic E-state index is 12.7. The number of furan rings is 1. The molecule has 1 N–H and O–H groups in total. The predicted molar refractivity (Wildman–Crippen MR) is 82.6 cm³/mol. The van der Waals surface area contributed by atoms with E-state index in [1.807, 2.05) is 13.0 Å². The van der Waals surface area contributed by atoms with Crippen LogP contribution in [0, 0.1) is 6.92 Å². The molecule has 3 rings (SSSR count). The van der Waals surface area contributed by atoms with Gasteiger partial charge in [-0.1, -0.05) is 11.6 Å². The standard InChI is InChI=1S/C17H14O6/c1-9-5-6-12-11(8-9)14(18)16(22-10(2)17(19)20)15(23-12)13-4-3-7-21-13/h3-8,10H,1-2H3,(H,19,20)/t10-/m1/s1. The number of fused-ring (bicyclic) bond motifs is 1. The lowest BCUT2D eigenvalue weighted by Crippen LogP contribution is -2.26. The van der Waals surface area contributed by atoms with Crippen molar-refractivity contribution in [2.75, 3.05) is 0 Å². The van der Waals surface area contributed by atoms with Crippen molar-refractivity contribution >= 4 is 16.9 Å². The highest BCUT2D eigenvalue weighted by molar-refractivity contribution is 5.82. The van der Waals surface area contributed by atoms with Crippen molar-refractivity contribution in [2.45, 2.75) is 20.0 Å². The molecule has 0 spiro atoms. The average molecular weight is 314 g/mol. The molecular formula is C17H14O6. The van der Waals surface area contributed by atoms with Gasteiger partial charge >= 0.3 is 5.97 Å². The van der Waals surface area contributed by atoms with Crippen molar-refractivity contribution in [2.24, 2.45) is 0 Å². The van der Waals surface area contributed by atoms with Crippen LogP contribution >= 0.6 is 0 Å². The molecule has 0 unspecified atom stereocenters. The van der Waals surface area contributed by atoms with Gasteiger partial charge in [-0.2, -0.15) is 0 Å². The summed E-state index contributed by atoms with van der Waals surface area (Å²) in [5.74, 6) is -0.992. The number of benzene rings is 1. The number of carboxylic acids is 1. The first-order valence-corrected chi connectivity index (χ1v) is 6.98. The van der Waals surface area contributed by atoms with Crippen LogP contribution in [0.4, 0.5) is 0 Å². The Morgan fingerprint density at radius 1 is 1.30 bits per heavy atom. The monoisotopic (exact) mass is 314 g/mol. The van der Waals surface area contributed by atoms with Crippen LogP contribution in [0.15, 0.2) is 50.2 Å². The zero-order valence-corrected chi connectivity index (χ0v) is 12.5. The van der Waals surface area contributed by atoms with Gasteiger partial charge in [0, 0.05) is 0 Å². The van der Waals surface area contributed by atoms with Gasteiger partial charge in [0.05, 0.1) is 11.6 Å². The Morgan fingerprint density at radius 2 is 2.09 bits per heavy atom. The maximum Gasteiger partial charge on any atom is 0.344 e. The molecule has 0 bridgehead atoms. The summed E-state index contributed by atoms with van der Waals surface area (Å²) in [6.45, 7) is 3.19. The van der Waals surface area contributed by atoms with E-state index in [1.54, 1.807) is 24.3 Å². The minimum Gasteiger partial charge on any atom is -0.479 e. The van der Waals surface area contributed by atoms with Crippen molar-refractivity contribution in [3.8, 4) is 17.3 Å². The van der Waals surface area contributed by atoms with E-state index in [1.165, 1.54) is 13.2 Å². The third kappa shape index (κ3) is 2.70. The topological polar surface area (TPSA) is 89.9 Å². The number of hydrogen-bond donors (Lipinski definition) is 1. The van der Waals surface area contributed by atoms with Crippen LogP contribution in [0.1, 0.15) is 12.5 Å². The first-order chi connectivity index (χ1) is 11.0. The SMILES string of the molecule is Cc1ccc2oc(-c3ccco3)c(O[C@H](C)C(=O)O)c(=O)c2c1. The highest BCUT2D eigenvalue weighted by atomic mass is 16.5. The molecule has 3 aromatic rings. The smallest absolute Gasteiger partial charge is 0.344 e. The highest BCUT2D eigenvalue weighted by Gasteiger charge is 2.23. The predicted octanol–water partition coefficient (Wildman–Crippen LogP) is 3.21. The Labute approximate surface area is 130 Å². The number of aryl methyl sites for hydroxylation is 1. The van der Waals surface area contributed by atoms with E-state index < -0.39 is 17.5 Å². The highest BCUT2D eigenvalue weighted by Crippen LogP contribution is 2.32. The third-order valence-corrected chi connectivity index (χ3v) is 3.39. The quantitative estimate of drug-likeness (QED) is 0.795. The van der Waals surface area contributed by atoms with Gasteiger partial charge in [0.25, 0.3) is 0 Å². The minimum atomic E-state index is -1.20. The van der Waals surface area contributed by atoms with Crippen molar-refractivity contribution < 1.29 is 23.5 Å². The van der Waals surface area contributed by atoms with Crippen LogP contribution in [0.5, 0.6) is 5.75 Å². The summed E-state index contributed by atoms with van der Waals surface area (Å²) >= 11 is 0. The summed E-state index contributed by atoms with van der Waals surface area (Å²) in [5, 5.41) is 9.36. The molecule has 0 aliphatic heterocycles. The summed E-state index contributed by atoms with van der Waals surface area (Å²) in [4.78, 5) is 23.8. The fourth-order valence-corrected chi connectivity index (χ4v) is 2.20. The van der Waals surface area contributed by atoms with Crippen LogP contribution in [0.2, 0.25) is 0 Å². The van der Waals surface area contributed by atoms with Gasteiger partial charge in [0.1, 0.15) is 5.58 Å². The lowest BCUT2D eigenvalue weighted by Gasteiger charge is -2.13. The number of carbonyl (C=O) groups is 1. The third-order valence-electron chi connectivity index (χ3n) is 3.39. The van der Waals surface area contributed by atoms with Crippen LogP contribution in [-0.2, 0) is 4.79 Å². The van der Waals surface area contributed by atoms with Crippen LogP contribution in [0.3, 0.4) is 0 Å². The van der Waals surface area contributed by atoms with E-state index >= 15 is 0 Å². The van der Waals surface area contributed by atoms with Gasteiger partial charge in [0.15, 0.2) is 11.9 Å². The summed E-state index contributed by atoms with van der Waals surface area (Å²) in [5.41, 5.74) is 0.824. The first-order valence-electron chi connectivity index (χ1n) is 6.98. The molecule has 1 atom stereocenters. The van der Waals surface area contributed by atoms with Gasteiger partial charge in [-0.05, 0) is 38.1 Å². The molecule has 2 heterocycles. The van der Waals surface area contributed by atoms with Crippen molar-refractivity contribution in [3.05, 3.63) is 52.4 Å². The molecule has 0 aliphatic carbocycles. The minimum absolute atomic E-state index is 0.0736. The van der Waals surface area contributed by atoms with Gasteiger partial charge < -0.3 is 18.7 Å². The molecule has 0 radical (unpaired) electrons. The second kappa shape index (κ2) is 5.64. The zero-order chi connectivity index (χ0) is 16.6. The second-order valence-corrected chi connectivity index (χ2v) is 5.16. The second-order valence-electron chi connectivity index (χ2n) is 5.16. The lowest BCUT2D eigenvalue weighted by atomic mass is 10.1. The molecule has 0 saturated heterocycles. The van der Waals surface area contributed by atoms with Crippen molar-refractivity contribution in [1.29, 1.82) is 0 Å². The first kappa shape index (κ1) is 14.9. The Morgan fingerprint density at radius 3 is 2.74 bits per heavy atom. The fraction of sp³-hybridized carbons (Fsp3) is 0.176. The maximum atomic E-state index is 12.7. The Kier molecular flexibility index (Phi) is 3.65. The molecular weight excluding hydrogens is 300 g/mol. The average Bonchev–Trinajstić information content (AvgIpc) is 3.04. The Bertz CT molecular complexity index is 920. The molecule has 0 amide bonds. The van der Waals surface area contributed by atoms with Crippen LogP contribution in [0.25, 0.3) is 22.5 Å². The zero-order valence-electron chi connectivity index (χ0n) is 12.5. The molecule has 1 aromatic carbocycles. The molecule has 0 fully saturated rings. The van der Waals surface area contributed by atoms with Gasteiger partial charge in [-0.25, -0.2) is 4.79 Å². The van der Waals surface area contributed by atoms with Crippen LogP contribution < -0.4 is 10.2 Å². The van der Waals surface area contributed by atoms with E-state index in [-0.39, 0.29) is 17.3 Å². The van der Waals surface area contributed by atoms with E-state index in [0.717, 1.165) is 5.56 Å². The van der Waals surface area contributed by atoms with E-state index in [0.29, 0.717) is 11.0 Å². The number of ether oxygens (including phenoxy) is 1. The summed E-state index contributed by atoms with van der Waals surface area (Å²) in [7, 11) is 0. The number of rotatable bonds is 4. The van der Waals surface area contributed by atoms with Gasteiger partial charge in [-0.3, -0.25) is 4.79 Å². The summed E-state index contributed by atoms with van der Waals surface area (Å²) in [6, 6.07) is 8.42. The largest absolute Gasteiger partial charge is 0.479 e. The lowest BCUT2D eigenvalue weighted by molar-refractivity contribution is -0.144. The normalized spacial score (nSPS) is 12.3. The molecule has 118 valence electrons. The van der Waals surface area contributed by atoms with E-state index in [2.05, 4.69) is 0 Å². The Hall–Kier alpha value is -3.02. The molecule has 2 aromatic heterocycles. The Balaban J connectivity index is 2.28. The van der Waals surface area contributed by atoms with Crippen LogP contribution in [-0.4, -0.2) is 17.2 Å². The summed E-state index contributed by atoms with van der Waals surface area (Å²) < 4.78 is 16.4. The number of carboxylic acid groups (broad SMARTS) is 1. The van der Waals surface area contributed by atoms with Crippen molar-refractivity contribution in [1.82, 2.24) is 0 Å². The van der Waals surface area contributed by atoms with E-state index in [9.17, 15) is 9.59 Å². The fourth-order valence-electron chi connectivity index (χ4n) is 2.20. The summed E-state index contributed by atoms with van der Waals surface area (Å²) in [6.07, 6.45) is 0.230. The van der Waals surface area contributed by atoms with Crippen molar-refractivity contribution in [3.63, 3.8) is 0 Å². The molecule has 6 nitrogen and oxygen atoms in total. The number of hydrogen-bond acceptors (Lipinski definition) is 5. The number of aliphatic carboxylic acids is 1.